The molecule has 2 N–H and O–H groups in total. The molecule has 4 nitrogen and oxygen atoms in total. The number of aliphatic imine (C=N–C) groups is 1. The van der Waals surface area contributed by atoms with Gasteiger partial charge in [-0.25, -0.2) is 4.99 Å². The van der Waals surface area contributed by atoms with Gasteiger partial charge in [-0.05, 0) is 47.9 Å². The Bertz CT molecular complexity index is 906. The summed E-state index contributed by atoms with van der Waals surface area (Å²) in [7, 11) is 0. The Kier molecular flexibility index (Phi) is 4.46. The number of amidine groups is 1. The van der Waals surface area contributed by atoms with Crippen molar-refractivity contribution < 1.29 is 17.9 Å². The maximum absolute atomic E-state index is 12.1. The average Bonchev–Trinajstić information content (AvgIpc) is 2.90. The first-order valence-corrected chi connectivity index (χ1v) is 8.14. The van der Waals surface area contributed by atoms with Crippen LogP contribution < -0.4 is 10.5 Å². The largest absolute Gasteiger partial charge is 0.573 e. The van der Waals surface area contributed by atoms with Crippen LogP contribution in [0.1, 0.15) is 5.69 Å². The summed E-state index contributed by atoms with van der Waals surface area (Å²) in [4.78, 5) is 4.20. The van der Waals surface area contributed by atoms with Crippen LogP contribution in [0, 0.1) is 0 Å². The molecule has 0 atom stereocenters. The number of fused-ring (bicyclic) bond motifs is 1. The lowest BCUT2D eigenvalue weighted by Crippen LogP contribution is -2.17. The highest BCUT2D eigenvalue weighted by Gasteiger charge is 2.30. The molecule has 9 heteroatoms. The van der Waals surface area contributed by atoms with Crippen molar-refractivity contribution in [3.8, 4) is 5.75 Å². The minimum Gasteiger partial charge on any atom is -0.406 e. The van der Waals surface area contributed by atoms with E-state index in [0.717, 1.165) is 14.6 Å². The normalized spacial score (nSPS) is 12.6. The molecule has 24 heavy (non-hydrogen) atoms. The Morgan fingerprint density at radius 3 is 2.54 bits per heavy atom. The van der Waals surface area contributed by atoms with E-state index in [9.17, 15) is 13.2 Å². The zero-order chi connectivity index (χ0) is 17.3. The summed E-state index contributed by atoms with van der Waals surface area (Å²) in [6.07, 6.45) is -4.72. The van der Waals surface area contributed by atoms with Gasteiger partial charge in [0.25, 0.3) is 0 Å². The fourth-order valence-electron chi connectivity index (χ4n) is 2.01. The zero-order valence-electron chi connectivity index (χ0n) is 11.8. The summed E-state index contributed by atoms with van der Waals surface area (Å²) in [5.41, 5.74) is 6.93. The van der Waals surface area contributed by atoms with Gasteiger partial charge in [0.15, 0.2) is 5.84 Å². The van der Waals surface area contributed by atoms with Crippen molar-refractivity contribution in [1.82, 2.24) is 4.37 Å². The molecule has 3 aromatic rings. The van der Waals surface area contributed by atoms with Gasteiger partial charge < -0.3 is 10.5 Å². The van der Waals surface area contributed by atoms with Crippen LogP contribution in [0.5, 0.6) is 5.75 Å². The Morgan fingerprint density at radius 1 is 1.17 bits per heavy atom. The van der Waals surface area contributed by atoms with E-state index in [1.807, 2.05) is 18.2 Å². The molecule has 124 valence electrons. The van der Waals surface area contributed by atoms with Crippen molar-refractivity contribution in [2.45, 2.75) is 6.36 Å². The Balaban J connectivity index is 1.87. The summed E-state index contributed by atoms with van der Waals surface area (Å²) in [6.45, 7) is 0. The first-order chi connectivity index (χ1) is 11.3. The number of alkyl halides is 3. The minimum absolute atomic E-state index is 0.188. The van der Waals surface area contributed by atoms with Gasteiger partial charge in [0.2, 0.25) is 0 Å². The lowest BCUT2D eigenvalue weighted by atomic mass is 10.2. The third-order valence-electron chi connectivity index (χ3n) is 3.00. The fraction of sp³-hybridized carbons (Fsp3) is 0.0667. The standard InChI is InChI=1S/C15H9BrF3N3OS/c16-8-1-6-11-12(7-8)24-22-13(11)14(20)21-9-2-4-10(5-3-9)23-15(17,18)19/h1-7H,(H2,20,21). The smallest absolute Gasteiger partial charge is 0.406 e. The van der Waals surface area contributed by atoms with Crippen LogP contribution in [0.25, 0.3) is 10.1 Å². The summed E-state index contributed by atoms with van der Waals surface area (Å²) in [5.74, 6) is -0.128. The molecule has 3 rings (SSSR count). The molecule has 0 aliphatic carbocycles. The topological polar surface area (TPSA) is 60.5 Å². The van der Waals surface area contributed by atoms with E-state index < -0.39 is 6.36 Å². The molecule has 1 aromatic heterocycles. The Labute approximate surface area is 147 Å². The molecule has 2 aromatic carbocycles. The molecule has 0 amide bonds. The second-order valence-corrected chi connectivity index (χ2v) is 6.43. The molecule has 0 unspecified atom stereocenters. The first kappa shape index (κ1) is 16.7. The van der Waals surface area contributed by atoms with Gasteiger partial charge in [-0.2, -0.15) is 4.37 Å². The van der Waals surface area contributed by atoms with Crippen LogP contribution in [0.15, 0.2) is 51.9 Å². The predicted octanol–water partition coefficient (Wildman–Crippen LogP) is 4.99. The van der Waals surface area contributed by atoms with E-state index in [1.54, 1.807) is 0 Å². The highest BCUT2D eigenvalue weighted by molar-refractivity contribution is 9.10. The van der Waals surface area contributed by atoms with Gasteiger partial charge in [-0.15, -0.1) is 13.2 Å². The van der Waals surface area contributed by atoms with Crippen LogP contribution >= 0.6 is 27.5 Å². The van der Waals surface area contributed by atoms with E-state index in [1.165, 1.54) is 35.8 Å². The Hall–Kier alpha value is -2.13. The molecule has 0 fully saturated rings. The number of ether oxygens (including phenoxy) is 1. The molecule has 0 radical (unpaired) electrons. The van der Waals surface area contributed by atoms with Crippen LogP contribution in [-0.2, 0) is 0 Å². The molecule has 0 saturated heterocycles. The maximum Gasteiger partial charge on any atom is 0.573 e. The quantitative estimate of drug-likeness (QED) is 0.483. The van der Waals surface area contributed by atoms with Crippen molar-refractivity contribution >= 4 is 49.1 Å². The third kappa shape index (κ3) is 3.85. The average molecular weight is 416 g/mol. The monoisotopic (exact) mass is 415 g/mol. The van der Waals surface area contributed by atoms with Crippen LogP contribution in [0.4, 0.5) is 18.9 Å². The molecule has 0 saturated carbocycles. The van der Waals surface area contributed by atoms with Gasteiger partial charge in [-0.3, -0.25) is 0 Å². The summed E-state index contributed by atoms with van der Waals surface area (Å²) < 4.78 is 46.4. The molecule has 1 heterocycles. The lowest BCUT2D eigenvalue weighted by Gasteiger charge is -2.08. The highest BCUT2D eigenvalue weighted by Crippen LogP contribution is 2.28. The predicted molar refractivity (Wildman–Crippen MR) is 90.8 cm³/mol. The molecular weight excluding hydrogens is 407 g/mol. The zero-order valence-corrected chi connectivity index (χ0v) is 14.2. The number of halogens is 4. The van der Waals surface area contributed by atoms with Gasteiger partial charge in [0.1, 0.15) is 11.4 Å². The number of rotatable bonds is 3. The number of hydrogen-bond acceptors (Lipinski definition) is 4. The lowest BCUT2D eigenvalue weighted by molar-refractivity contribution is -0.274. The third-order valence-corrected chi connectivity index (χ3v) is 4.30. The first-order valence-electron chi connectivity index (χ1n) is 6.57. The van der Waals surface area contributed by atoms with E-state index in [-0.39, 0.29) is 11.6 Å². The fourth-order valence-corrected chi connectivity index (χ4v) is 3.35. The maximum atomic E-state index is 12.1. The SMILES string of the molecule is NC(=Nc1ccc(OC(F)(F)F)cc1)c1nsc2cc(Br)ccc12. The molecule has 0 bridgehead atoms. The molecule has 0 aliphatic rings. The van der Waals surface area contributed by atoms with Gasteiger partial charge >= 0.3 is 6.36 Å². The second kappa shape index (κ2) is 6.40. The van der Waals surface area contributed by atoms with Gasteiger partial charge in [-0.1, -0.05) is 22.0 Å². The van der Waals surface area contributed by atoms with Crippen molar-refractivity contribution in [3.05, 3.63) is 52.6 Å². The van der Waals surface area contributed by atoms with Crippen molar-refractivity contribution in [2.24, 2.45) is 10.7 Å². The summed E-state index contributed by atoms with van der Waals surface area (Å²) >= 11 is 4.68. The Morgan fingerprint density at radius 2 is 1.88 bits per heavy atom. The molecule has 0 aliphatic heterocycles. The molecule has 0 spiro atoms. The van der Waals surface area contributed by atoms with Crippen molar-refractivity contribution in [3.63, 3.8) is 0 Å². The van der Waals surface area contributed by atoms with E-state index in [0.29, 0.717) is 11.4 Å². The van der Waals surface area contributed by atoms with E-state index in [4.69, 9.17) is 5.73 Å². The van der Waals surface area contributed by atoms with Crippen molar-refractivity contribution in [2.75, 3.05) is 0 Å². The minimum atomic E-state index is -4.72. The number of aromatic nitrogens is 1. The number of nitrogens with two attached hydrogens (primary N) is 1. The van der Waals surface area contributed by atoms with Gasteiger partial charge in [0, 0.05) is 9.86 Å². The summed E-state index contributed by atoms with van der Waals surface area (Å²) in [5, 5.41) is 0.862. The van der Waals surface area contributed by atoms with Crippen LogP contribution in [-0.4, -0.2) is 16.6 Å². The summed E-state index contributed by atoms with van der Waals surface area (Å²) in [6, 6.07) is 10.8. The van der Waals surface area contributed by atoms with Gasteiger partial charge in [0.05, 0.1) is 10.4 Å². The van der Waals surface area contributed by atoms with E-state index in [2.05, 4.69) is 30.0 Å². The molecular formula is C15H9BrF3N3OS. The van der Waals surface area contributed by atoms with Crippen LogP contribution in [0.3, 0.4) is 0 Å². The van der Waals surface area contributed by atoms with E-state index >= 15 is 0 Å². The van der Waals surface area contributed by atoms with Crippen molar-refractivity contribution in [1.29, 1.82) is 0 Å². The highest BCUT2D eigenvalue weighted by atomic mass is 79.9. The number of benzene rings is 2. The van der Waals surface area contributed by atoms with Crippen LogP contribution in [0.2, 0.25) is 0 Å². The number of nitrogens with zero attached hydrogens (tertiary/aromatic N) is 2. The number of hydrogen-bond donors (Lipinski definition) is 1. The second-order valence-electron chi connectivity index (χ2n) is 4.71.